The lowest BCUT2D eigenvalue weighted by Crippen LogP contribution is -2.48. The summed E-state index contributed by atoms with van der Waals surface area (Å²) in [4.78, 5) is 22.3. The molecule has 0 radical (unpaired) electrons. The SMILES string of the molecule is Cc1noc(C)c1C(C)NC(=O)N[C@H](CO)C(=O)O. The van der Waals surface area contributed by atoms with Gasteiger partial charge < -0.3 is 25.4 Å². The van der Waals surface area contributed by atoms with E-state index in [0.717, 1.165) is 5.56 Å². The van der Waals surface area contributed by atoms with Gasteiger partial charge in [0.05, 0.1) is 18.3 Å². The van der Waals surface area contributed by atoms with Crippen LogP contribution in [0.3, 0.4) is 0 Å². The van der Waals surface area contributed by atoms with E-state index in [2.05, 4.69) is 15.8 Å². The first-order chi connectivity index (χ1) is 8.86. The molecule has 106 valence electrons. The summed E-state index contributed by atoms with van der Waals surface area (Å²) in [7, 11) is 0. The zero-order chi connectivity index (χ0) is 14.6. The van der Waals surface area contributed by atoms with Gasteiger partial charge >= 0.3 is 12.0 Å². The second-order valence-corrected chi connectivity index (χ2v) is 4.15. The number of nitrogens with one attached hydrogen (secondary N) is 2. The van der Waals surface area contributed by atoms with Crippen molar-refractivity contribution in [3.8, 4) is 0 Å². The number of hydrogen-bond donors (Lipinski definition) is 4. The van der Waals surface area contributed by atoms with Crippen LogP contribution in [0.2, 0.25) is 0 Å². The Morgan fingerprint density at radius 3 is 2.42 bits per heavy atom. The zero-order valence-corrected chi connectivity index (χ0v) is 10.9. The monoisotopic (exact) mass is 271 g/mol. The normalized spacial score (nSPS) is 13.7. The Hall–Kier alpha value is -2.09. The van der Waals surface area contributed by atoms with Crippen LogP contribution in [-0.2, 0) is 4.79 Å². The van der Waals surface area contributed by atoms with Gasteiger partial charge in [-0.2, -0.15) is 0 Å². The maximum atomic E-state index is 11.6. The van der Waals surface area contributed by atoms with Crippen molar-refractivity contribution < 1.29 is 24.3 Å². The summed E-state index contributed by atoms with van der Waals surface area (Å²) in [6.45, 7) is 4.51. The number of aliphatic carboxylic acids is 1. The van der Waals surface area contributed by atoms with E-state index in [1.54, 1.807) is 20.8 Å². The summed E-state index contributed by atoms with van der Waals surface area (Å²) in [5, 5.41) is 26.0. The highest BCUT2D eigenvalue weighted by atomic mass is 16.5. The Morgan fingerprint density at radius 1 is 1.37 bits per heavy atom. The van der Waals surface area contributed by atoms with Crippen LogP contribution in [0.4, 0.5) is 4.79 Å². The van der Waals surface area contributed by atoms with Crippen molar-refractivity contribution >= 4 is 12.0 Å². The topological polar surface area (TPSA) is 125 Å². The highest BCUT2D eigenvalue weighted by molar-refractivity contribution is 5.82. The Balaban J connectivity index is 2.65. The number of aryl methyl sites for hydroxylation is 2. The van der Waals surface area contributed by atoms with Crippen molar-refractivity contribution in [3.05, 3.63) is 17.0 Å². The van der Waals surface area contributed by atoms with Crippen LogP contribution in [0, 0.1) is 13.8 Å². The number of urea groups is 1. The Bertz CT molecular complexity index is 451. The van der Waals surface area contributed by atoms with Crippen LogP contribution in [0.5, 0.6) is 0 Å². The first-order valence-corrected chi connectivity index (χ1v) is 5.70. The van der Waals surface area contributed by atoms with Crippen LogP contribution >= 0.6 is 0 Å². The van der Waals surface area contributed by atoms with Gasteiger partial charge in [0.1, 0.15) is 5.76 Å². The molecule has 0 spiro atoms. The van der Waals surface area contributed by atoms with Crippen molar-refractivity contribution in [1.82, 2.24) is 15.8 Å². The molecule has 1 aromatic rings. The molecule has 1 rings (SSSR count). The van der Waals surface area contributed by atoms with Crippen LogP contribution in [-0.4, -0.2) is 40.0 Å². The van der Waals surface area contributed by atoms with E-state index in [1.807, 2.05) is 0 Å². The molecule has 0 aliphatic rings. The van der Waals surface area contributed by atoms with Gasteiger partial charge in [0.2, 0.25) is 0 Å². The second-order valence-electron chi connectivity index (χ2n) is 4.15. The summed E-state index contributed by atoms with van der Waals surface area (Å²) in [5.41, 5.74) is 1.40. The Morgan fingerprint density at radius 2 is 2.00 bits per heavy atom. The van der Waals surface area contributed by atoms with E-state index >= 15 is 0 Å². The summed E-state index contributed by atoms with van der Waals surface area (Å²) >= 11 is 0. The fraction of sp³-hybridized carbons (Fsp3) is 0.545. The third-order valence-electron chi connectivity index (χ3n) is 2.66. The molecule has 2 atom stereocenters. The molecule has 0 saturated heterocycles. The quantitative estimate of drug-likeness (QED) is 0.602. The second kappa shape index (κ2) is 6.19. The number of nitrogens with zero attached hydrogens (tertiary/aromatic N) is 1. The van der Waals surface area contributed by atoms with Gasteiger partial charge in [-0.1, -0.05) is 5.16 Å². The van der Waals surface area contributed by atoms with Gasteiger partial charge in [0.25, 0.3) is 0 Å². The van der Waals surface area contributed by atoms with Crippen LogP contribution in [0.15, 0.2) is 4.52 Å². The Labute approximate surface area is 109 Å². The van der Waals surface area contributed by atoms with E-state index in [4.69, 9.17) is 14.7 Å². The summed E-state index contributed by atoms with van der Waals surface area (Å²) < 4.78 is 4.98. The number of carboxylic acid groups (broad SMARTS) is 1. The predicted octanol–water partition coefficient (Wildman–Crippen LogP) is 0.0971. The van der Waals surface area contributed by atoms with Crippen molar-refractivity contribution in [2.75, 3.05) is 6.61 Å². The van der Waals surface area contributed by atoms with E-state index < -0.39 is 24.6 Å². The van der Waals surface area contributed by atoms with Crippen molar-refractivity contribution in [3.63, 3.8) is 0 Å². The van der Waals surface area contributed by atoms with E-state index in [-0.39, 0.29) is 6.04 Å². The molecule has 4 N–H and O–H groups in total. The zero-order valence-electron chi connectivity index (χ0n) is 10.9. The average molecular weight is 271 g/mol. The number of aliphatic hydroxyl groups is 1. The lowest BCUT2D eigenvalue weighted by atomic mass is 10.1. The van der Waals surface area contributed by atoms with Gasteiger partial charge in [0, 0.05) is 5.56 Å². The molecule has 0 fully saturated rings. The van der Waals surface area contributed by atoms with Crippen LogP contribution < -0.4 is 10.6 Å². The molecule has 0 saturated carbocycles. The number of carbonyl (C=O) groups is 2. The van der Waals surface area contributed by atoms with Gasteiger partial charge in [0.15, 0.2) is 6.04 Å². The summed E-state index contributed by atoms with van der Waals surface area (Å²) in [6.07, 6.45) is 0. The van der Waals surface area contributed by atoms with Crippen LogP contribution in [0.25, 0.3) is 0 Å². The fourth-order valence-corrected chi connectivity index (χ4v) is 1.76. The highest BCUT2D eigenvalue weighted by Crippen LogP contribution is 2.20. The van der Waals surface area contributed by atoms with E-state index in [0.29, 0.717) is 11.5 Å². The summed E-state index contributed by atoms with van der Waals surface area (Å²) in [5.74, 6) is -0.718. The minimum atomic E-state index is -1.34. The lowest BCUT2D eigenvalue weighted by Gasteiger charge is -2.17. The highest BCUT2D eigenvalue weighted by Gasteiger charge is 2.22. The first kappa shape index (κ1) is 15.0. The Kier molecular flexibility index (Phi) is 4.87. The van der Waals surface area contributed by atoms with Crippen LogP contribution in [0.1, 0.15) is 30.0 Å². The standard InChI is InChI=1S/C11H17N3O5/c1-5(9-6(2)14-19-7(9)3)12-11(18)13-8(4-15)10(16)17/h5,8,15H,4H2,1-3H3,(H,16,17)(H2,12,13,18)/t5?,8-/m1/s1. The third kappa shape index (κ3) is 3.68. The molecule has 0 bridgehead atoms. The van der Waals surface area contributed by atoms with E-state index in [9.17, 15) is 9.59 Å². The molecule has 2 amide bonds. The molecule has 19 heavy (non-hydrogen) atoms. The molecule has 1 heterocycles. The minimum Gasteiger partial charge on any atom is -0.480 e. The number of carbonyl (C=O) groups excluding carboxylic acids is 1. The fourth-order valence-electron chi connectivity index (χ4n) is 1.76. The molecular weight excluding hydrogens is 254 g/mol. The predicted molar refractivity (Wildman–Crippen MR) is 64.6 cm³/mol. The van der Waals surface area contributed by atoms with Gasteiger partial charge in [-0.25, -0.2) is 9.59 Å². The maximum Gasteiger partial charge on any atom is 0.328 e. The number of rotatable bonds is 5. The van der Waals surface area contributed by atoms with Crippen molar-refractivity contribution in [2.24, 2.45) is 0 Å². The number of hydrogen-bond acceptors (Lipinski definition) is 5. The number of amides is 2. The first-order valence-electron chi connectivity index (χ1n) is 5.70. The molecule has 8 nitrogen and oxygen atoms in total. The smallest absolute Gasteiger partial charge is 0.328 e. The molecule has 8 heteroatoms. The largest absolute Gasteiger partial charge is 0.480 e. The average Bonchev–Trinajstić information content (AvgIpc) is 2.65. The third-order valence-corrected chi connectivity index (χ3v) is 2.66. The number of carboxylic acids is 1. The molecule has 1 unspecified atom stereocenters. The number of aliphatic hydroxyl groups excluding tert-OH is 1. The molecule has 0 aliphatic heterocycles. The van der Waals surface area contributed by atoms with Gasteiger partial charge in [-0.3, -0.25) is 0 Å². The van der Waals surface area contributed by atoms with Crippen molar-refractivity contribution in [1.29, 1.82) is 0 Å². The minimum absolute atomic E-state index is 0.389. The summed E-state index contributed by atoms with van der Waals surface area (Å²) in [6, 6.07) is -2.41. The van der Waals surface area contributed by atoms with E-state index in [1.165, 1.54) is 0 Å². The lowest BCUT2D eigenvalue weighted by molar-refractivity contribution is -0.140. The molecular formula is C11H17N3O5. The van der Waals surface area contributed by atoms with Gasteiger partial charge in [-0.05, 0) is 20.8 Å². The molecule has 1 aromatic heterocycles. The molecule has 0 aliphatic carbocycles. The van der Waals surface area contributed by atoms with Crippen molar-refractivity contribution in [2.45, 2.75) is 32.9 Å². The molecule has 0 aromatic carbocycles. The number of aromatic nitrogens is 1. The van der Waals surface area contributed by atoms with Gasteiger partial charge in [-0.15, -0.1) is 0 Å². The maximum absolute atomic E-state index is 11.6.